The highest BCUT2D eigenvalue weighted by Crippen LogP contribution is 2.30. The number of fused-ring (bicyclic) bond motifs is 1. The summed E-state index contributed by atoms with van der Waals surface area (Å²) in [4.78, 5) is 29.0. The summed E-state index contributed by atoms with van der Waals surface area (Å²) in [5.74, 6) is -0.327. The monoisotopic (exact) mass is 373 g/mol. The number of hydrogen-bond donors (Lipinski definition) is 2. The van der Waals surface area contributed by atoms with Gasteiger partial charge in [-0.25, -0.2) is 0 Å². The lowest BCUT2D eigenvalue weighted by atomic mass is 10.1. The van der Waals surface area contributed by atoms with Crippen molar-refractivity contribution in [2.75, 3.05) is 19.7 Å². The van der Waals surface area contributed by atoms with E-state index in [0.29, 0.717) is 11.6 Å². The first-order chi connectivity index (χ1) is 12.6. The number of benzene rings is 1. The average molecular weight is 374 g/mol. The highest BCUT2D eigenvalue weighted by molar-refractivity contribution is 6.30. The number of H-pyrrole nitrogens is 1. The zero-order valence-corrected chi connectivity index (χ0v) is 14.9. The number of ether oxygens (including phenoxy) is 1. The van der Waals surface area contributed by atoms with Crippen LogP contribution in [-0.4, -0.2) is 47.6 Å². The molecule has 3 atom stereocenters. The number of morpholine rings is 1. The van der Waals surface area contributed by atoms with Gasteiger partial charge < -0.3 is 15.0 Å². The summed E-state index contributed by atoms with van der Waals surface area (Å²) in [7, 11) is 0. The van der Waals surface area contributed by atoms with Crippen LogP contribution in [0.15, 0.2) is 47.4 Å². The van der Waals surface area contributed by atoms with Gasteiger partial charge in [0.25, 0.3) is 11.5 Å². The second-order valence-corrected chi connectivity index (χ2v) is 7.24. The summed E-state index contributed by atoms with van der Waals surface area (Å²) < 4.78 is 6.02. The van der Waals surface area contributed by atoms with Crippen molar-refractivity contribution in [3.63, 3.8) is 0 Å². The Balaban J connectivity index is 1.39. The number of nitrogens with zero attached hydrogens (tertiary/aromatic N) is 1. The van der Waals surface area contributed by atoms with Crippen LogP contribution in [0.2, 0.25) is 5.02 Å². The molecule has 3 heterocycles. The van der Waals surface area contributed by atoms with Crippen molar-refractivity contribution in [1.29, 1.82) is 0 Å². The lowest BCUT2D eigenvalue weighted by Crippen LogP contribution is -2.43. The molecule has 4 rings (SSSR count). The van der Waals surface area contributed by atoms with Crippen LogP contribution in [0.5, 0.6) is 0 Å². The maximum Gasteiger partial charge on any atom is 0.260 e. The predicted molar refractivity (Wildman–Crippen MR) is 98.4 cm³/mol. The van der Waals surface area contributed by atoms with Crippen LogP contribution in [-0.2, 0) is 4.74 Å². The molecule has 0 spiro atoms. The third-order valence-electron chi connectivity index (χ3n) is 5.06. The summed E-state index contributed by atoms with van der Waals surface area (Å²) in [5, 5.41) is 3.69. The molecule has 1 aromatic heterocycles. The third-order valence-corrected chi connectivity index (χ3v) is 5.31. The maximum atomic E-state index is 12.4. The molecule has 7 heteroatoms. The van der Waals surface area contributed by atoms with Gasteiger partial charge >= 0.3 is 0 Å². The number of hydrogen-bond acceptors (Lipinski definition) is 4. The van der Waals surface area contributed by atoms with Crippen molar-refractivity contribution in [2.24, 2.45) is 0 Å². The van der Waals surface area contributed by atoms with E-state index >= 15 is 0 Å². The zero-order valence-electron chi connectivity index (χ0n) is 14.2. The molecule has 1 amide bonds. The molecule has 2 aromatic rings. The first kappa shape index (κ1) is 17.3. The van der Waals surface area contributed by atoms with Crippen molar-refractivity contribution in [3.8, 4) is 0 Å². The van der Waals surface area contributed by atoms with Crippen LogP contribution >= 0.6 is 11.6 Å². The van der Waals surface area contributed by atoms with Crippen LogP contribution in [0.3, 0.4) is 0 Å². The van der Waals surface area contributed by atoms with Crippen LogP contribution in [0.4, 0.5) is 0 Å². The van der Waals surface area contributed by atoms with Crippen molar-refractivity contribution in [1.82, 2.24) is 15.2 Å². The van der Waals surface area contributed by atoms with Gasteiger partial charge in [0.1, 0.15) is 5.56 Å². The Morgan fingerprint density at radius 1 is 1.23 bits per heavy atom. The van der Waals surface area contributed by atoms with Gasteiger partial charge in [0.05, 0.1) is 12.7 Å². The fraction of sp³-hybridized carbons (Fsp3) is 0.368. The number of aromatic nitrogens is 1. The van der Waals surface area contributed by atoms with E-state index in [4.69, 9.17) is 16.3 Å². The zero-order chi connectivity index (χ0) is 18.1. The Labute approximate surface area is 156 Å². The van der Waals surface area contributed by atoms with E-state index in [1.807, 2.05) is 24.3 Å². The lowest BCUT2D eigenvalue weighted by Gasteiger charge is -2.35. The van der Waals surface area contributed by atoms with Crippen LogP contribution < -0.4 is 10.9 Å². The van der Waals surface area contributed by atoms with Gasteiger partial charge in [-0.2, -0.15) is 0 Å². The lowest BCUT2D eigenvalue weighted by molar-refractivity contribution is -0.0502. The molecule has 136 valence electrons. The van der Waals surface area contributed by atoms with Crippen molar-refractivity contribution >= 4 is 17.5 Å². The van der Waals surface area contributed by atoms with E-state index in [1.54, 1.807) is 6.07 Å². The van der Waals surface area contributed by atoms with Gasteiger partial charge in [-0.3, -0.25) is 14.5 Å². The minimum Gasteiger partial charge on any atom is -0.371 e. The SMILES string of the molecule is O=C(N[C@@H]1C[C@H]2CO[C@@H](c3ccc(Cl)cc3)CN2C1)c1ccc[nH]c1=O. The Bertz CT molecular complexity index is 852. The molecule has 0 unspecified atom stereocenters. The standard InChI is InChI=1S/C19H20ClN3O3/c20-13-5-3-12(4-6-13)17-10-23-9-14(8-15(23)11-26-17)22-19(25)16-2-1-7-21-18(16)24/h1-7,14-15,17H,8-11H2,(H,21,24)(H,22,25)/t14-,15+,17-/m1/s1. The summed E-state index contributed by atoms with van der Waals surface area (Å²) in [6, 6.07) is 11.2. The van der Waals surface area contributed by atoms with Crippen LogP contribution in [0.1, 0.15) is 28.4 Å². The minimum atomic E-state index is -0.369. The Kier molecular flexibility index (Phi) is 4.80. The predicted octanol–water partition coefficient (Wildman–Crippen LogP) is 1.97. The summed E-state index contributed by atoms with van der Waals surface area (Å²) >= 11 is 5.95. The topological polar surface area (TPSA) is 74.4 Å². The highest BCUT2D eigenvalue weighted by Gasteiger charge is 2.38. The molecule has 2 aliphatic heterocycles. The summed E-state index contributed by atoms with van der Waals surface area (Å²) in [6.07, 6.45) is 2.35. The smallest absolute Gasteiger partial charge is 0.260 e. The van der Waals surface area contributed by atoms with Crippen molar-refractivity contribution in [3.05, 3.63) is 69.1 Å². The summed E-state index contributed by atoms with van der Waals surface area (Å²) in [6.45, 7) is 2.17. The van der Waals surface area contributed by atoms with Gasteiger partial charge in [-0.05, 0) is 36.2 Å². The first-order valence-corrected chi connectivity index (χ1v) is 9.07. The number of pyridine rings is 1. The molecule has 2 aliphatic rings. The fourth-order valence-corrected chi connectivity index (χ4v) is 3.85. The Morgan fingerprint density at radius 3 is 2.81 bits per heavy atom. The van der Waals surface area contributed by atoms with E-state index in [9.17, 15) is 9.59 Å². The molecular weight excluding hydrogens is 354 g/mol. The van der Waals surface area contributed by atoms with Crippen molar-refractivity contribution in [2.45, 2.75) is 24.6 Å². The molecule has 2 N–H and O–H groups in total. The molecule has 2 saturated heterocycles. The van der Waals surface area contributed by atoms with Gasteiger partial charge in [0.2, 0.25) is 0 Å². The van der Waals surface area contributed by atoms with Crippen LogP contribution in [0, 0.1) is 0 Å². The normalized spacial score (nSPS) is 25.7. The number of aromatic amines is 1. The number of carbonyl (C=O) groups is 1. The van der Waals surface area contributed by atoms with Gasteiger partial charge in [-0.15, -0.1) is 0 Å². The van der Waals surface area contributed by atoms with Crippen LogP contribution in [0.25, 0.3) is 0 Å². The molecular formula is C19H20ClN3O3. The fourth-order valence-electron chi connectivity index (χ4n) is 3.72. The number of nitrogens with one attached hydrogen (secondary N) is 2. The van der Waals surface area contributed by atoms with E-state index in [-0.39, 0.29) is 35.2 Å². The molecule has 2 fully saturated rings. The number of amides is 1. The molecule has 0 saturated carbocycles. The minimum absolute atomic E-state index is 0.00920. The Morgan fingerprint density at radius 2 is 2.04 bits per heavy atom. The quantitative estimate of drug-likeness (QED) is 0.862. The third kappa shape index (κ3) is 3.53. The first-order valence-electron chi connectivity index (χ1n) is 8.70. The van der Waals surface area contributed by atoms with Gasteiger partial charge in [0.15, 0.2) is 0 Å². The Hall–Kier alpha value is -2.15. The number of halogens is 1. The molecule has 26 heavy (non-hydrogen) atoms. The highest BCUT2D eigenvalue weighted by atomic mass is 35.5. The number of rotatable bonds is 3. The van der Waals surface area contributed by atoms with Gasteiger partial charge in [0, 0.05) is 36.4 Å². The van der Waals surface area contributed by atoms with Crippen molar-refractivity contribution < 1.29 is 9.53 Å². The maximum absolute atomic E-state index is 12.4. The number of carbonyl (C=O) groups excluding carboxylic acids is 1. The molecule has 0 bridgehead atoms. The van der Waals surface area contributed by atoms with Gasteiger partial charge in [-0.1, -0.05) is 23.7 Å². The largest absolute Gasteiger partial charge is 0.371 e. The second kappa shape index (κ2) is 7.23. The molecule has 6 nitrogen and oxygen atoms in total. The molecule has 0 radical (unpaired) electrons. The van der Waals surface area contributed by atoms with E-state index in [2.05, 4.69) is 15.2 Å². The van der Waals surface area contributed by atoms with E-state index < -0.39 is 0 Å². The molecule has 0 aliphatic carbocycles. The summed E-state index contributed by atoms with van der Waals surface area (Å²) in [5.41, 5.74) is 0.885. The average Bonchev–Trinajstić information content (AvgIpc) is 3.04. The van der Waals surface area contributed by atoms with E-state index in [1.165, 1.54) is 12.3 Å². The molecule has 1 aromatic carbocycles. The second-order valence-electron chi connectivity index (χ2n) is 6.80. The van der Waals surface area contributed by atoms with E-state index in [0.717, 1.165) is 25.1 Å².